The van der Waals surface area contributed by atoms with Gasteiger partial charge in [0.2, 0.25) is 0 Å². The van der Waals surface area contributed by atoms with E-state index in [1.807, 2.05) is 12.1 Å². The third kappa shape index (κ3) is 3.50. The summed E-state index contributed by atoms with van der Waals surface area (Å²) in [5.41, 5.74) is 1.76. The quantitative estimate of drug-likeness (QED) is 0.603. The molecule has 1 N–H and O–H groups in total. The van der Waals surface area contributed by atoms with E-state index in [1.54, 1.807) is 12.1 Å². The SMILES string of the molecule is CC1=CC2C(C)(C)CC(O)CC2(C)CC1COc1ccc2ccc(=O)oc2c1. The van der Waals surface area contributed by atoms with Gasteiger partial charge in [0.1, 0.15) is 11.3 Å². The molecule has 1 saturated carbocycles. The predicted octanol–water partition coefficient (Wildman–Crippen LogP) is 4.94. The Hall–Kier alpha value is -2.07. The lowest BCUT2D eigenvalue weighted by molar-refractivity contribution is -0.0643. The largest absolute Gasteiger partial charge is 0.493 e. The van der Waals surface area contributed by atoms with Crippen molar-refractivity contribution in [3.8, 4) is 5.75 Å². The normalized spacial score (nSPS) is 31.9. The van der Waals surface area contributed by atoms with Gasteiger partial charge in [0.05, 0.1) is 12.7 Å². The van der Waals surface area contributed by atoms with Crippen molar-refractivity contribution in [2.24, 2.45) is 22.7 Å². The van der Waals surface area contributed by atoms with Gasteiger partial charge in [-0.05, 0) is 61.1 Å². The molecule has 0 aliphatic heterocycles. The summed E-state index contributed by atoms with van der Waals surface area (Å²) in [7, 11) is 0. The first kappa shape index (κ1) is 19.3. The number of benzene rings is 1. The van der Waals surface area contributed by atoms with Crippen LogP contribution in [-0.4, -0.2) is 17.8 Å². The van der Waals surface area contributed by atoms with Crippen molar-refractivity contribution >= 4 is 11.0 Å². The molecule has 150 valence electrons. The van der Waals surface area contributed by atoms with Crippen LogP contribution in [0.15, 0.2) is 51.2 Å². The van der Waals surface area contributed by atoms with Crippen molar-refractivity contribution < 1.29 is 14.3 Å². The lowest BCUT2D eigenvalue weighted by Crippen LogP contribution is -2.49. The molecule has 4 heteroatoms. The number of aliphatic hydroxyl groups is 1. The van der Waals surface area contributed by atoms with Gasteiger partial charge >= 0.3 is 5.63 Å². The van der Waals surface area contributed by atoms with Gasteiger partial charge in [0.25, 0.3) is 0 Å². The number of hydrogen-bond donors (Lipinski definition) is 1. The summed E-state index contributed by atoms with van der Waals surface area (Å²) in [6.07, 6.45) is 4.93. The standard InChI is InChI=1S/C24H30O4/c1-15-9-21-23(2,3)12-18(25)13-24(21,4)11-17(15)14-27-19-7-5-16-6-8-22(26)28-20(16)10-19/h5-10,17-18,21,25H,11-14H2,1-4H3. The van der Waals surface area contributed by atoms with Crippen LogP contribution in [-0.2, 0) is 0 Å². The van der Waals surface area contributed by atoms with E-state index in [1.165, 1.54) is 11.6 Å². The number of rotatable bonds is 3. The Kier molecular flexibility index (Phi) is 4.65. The Balaban J connectivity index is 1.53. The second-order valence-electron chi connectivity index (χ2n) is 9.76. The minimum Gasteiger partial charge on any atom is -0.493 e. The lowest BCUT2D eigenvalue weighted by atomic mass is 9.51. The van der Waals surface area contributed by atoms with E-state index in [-0.39, 0.29) is 22.6 Å². The second-order valence-corrected chi connectivity index (χ2v) is 9.76. The van der Waals surface area contributed by atoms with Gasteiger partial charge in [0, 0.05) is 23.4 Å². The number of hydrogen-bond acceptors (Lipinski definition) is 4. The van der Waals surface area contributed by atoms with Crippen LogP contribution in [0.4, 0.5) is 0 Å². The highest BCUT2D eigenvalue weighted by molar-refractivity contribution is 5.77. The minimum atomic E-state index is -0.354. The van der Waals surface area contributed by atoms with Crippen LogP contribution < -0.4 is 10.4 Å². The van der Waals surface area contributed by atoms with Gasteiger partial charge in [-0.3, -0.25) is 0 Å². The molecule has 28 heavy (non-hydrogen) atoms. The Labute approximate surface area is 166 Å². The first-order chi connectivity index (χ1) is 13.2. The molecule has 4 unspecified atom stereocenters. The third-order valence-corrected chi connectivity index (χ3v) is 6.89. The van der Waals surface area contributed by atoms with Crippen molar-refractivity contribution in [2.75, 3.05) is 6.61 Å². The van der Waals surface area contributed by atoms with Gasteiger partial charge < -0.3 is 14.3 Å². The van der Waals surface area contributed by atoms with Crippen molar-refractivity contribution in [2.45, 2.75) is 53.1 Å². The fourth-order valence-corrected chi connectivity index (χ4v) is 5.69. The fraction of sp³-hybridized carbons (Fsp3) is 0.542. The second kappa shape index (κ2) is 6.77. The molecule has 0 bridgehead atoms. The topological polar surface area (TPSA) is 59.7 Å². The molecule has 2 aliphatic rings. The molecule has 1 heterocycles. The molecule has 2 aliphatic carbocycles. The van der Waals surface area contributed by atoms with E-state index in [0.717, 1.165) is 24.6 Å². The highest BCUT2D eigenvalue weighted by Gasteiger charge is 2.51. The van der Waals surface area contributed by atoms with Crippen LogP contribution in [0.5, 0.6) is 5.75 Å². The Bertz CT molecular complexity index is 970. The first-order valence-electron chi connectivity index (χ1n) is 10.2. The lowest BCUT2D eigenvalue weighted by Gasteiger charge is -2.55. The maximum Gasteiger partial charge on any atom is 0.336 e. The Morgan fingerprint density at radius 3 is 2.68 bits per heavy atom. The van der Waals surface area contributed by atoms with Crippen LogP contribution in [0, 0.1) is 22.7 Å². The summed E-state index contributed by atoms with van der Waals surface area (Å²) in [6, 6.07) is 8.81. The maximum absolute atomic E-state index is 11.5. The minimum absolute atomic E-state index is 0.0882. The smallest absolute Gasteiger partial charge is 0.336 e. The van der Waals surface area contributed by atoms with Crippen LogP contribution in [0.1, 0.15) is 47.0 Å². The summed E-state index contributed by atoms with van der Waals surface area (Å²) < 4.78 is 11.4. The highest BCUT2D eigenvalue weighted by atomic mass is 16.5. The third-order valence-electron chi connectivity index (χ3n) is 6.89. The van der Waals surface area contributed by atoms with Crippen molar-refractivity contribution in [1.82, 2.24) is 0 Å². The average Bonchev–Trinajstić information content (AvgIpc) is 2.60. The van der Waals surface area contributed by atoms with E-state index < -0.39 is 0 Å². The zero-order valence-corrected chi connectivity index (χ0v) is 17.2. The highest BCUT2D eigenvalue weighted by Crippen LogP contribution is 2.57. The molecule has 1 aromatic carbocycles. The van der Waals surface area contributed by atoms with Crippen LogP contribution >= 0.6 is 0 Å². The van der Waals surface area contributed by atoms with Gasteiger partial charge in [0.15, 0.2) is 0 Å². The van der Waals surface area contributed by atoms with Crippen LogP contribution in [0.3, 0.4) is 0 Å². The fourth-order valence-electron chi connectivity index (χ4n) is 5.69. The van der Waals surface area contributed by atoms with Crippen molar-refractivity contribution in [1.29, 1.82) is 0 Å². The van der Waals surface area contributed by atoms with Crippen LogP contribution in [0.2, 0.25) is 0 Å². The number of aliphatic hydroxyl groups excluding tert-OH is 1. The molecule has 1 aromatic heterocycles. The van der Waals surface area contributed by atoms with Gasteiger partial charge in [-0.1, -0.05) is 32.4 Å². The molecule has 4 atom stereocenters. The summed E-state index contributed by atoms with van der Waals surface area (Å²) in [6.45, 7) is 9.67. The molecule has 2 aromatic rings. The molecule has 4 nitrogen and oxygen atoms in total. The predicted molar refractivity (Wildman–Crippen MR) is 110 cm³/mol. The Morgan fingerprint density at radius 2 is 1.89 bits per heavy atom. The first-order valence-corrected chi connectivity index (χ1v) is 10.2. The van der Waals surface area contributed by atoms with E-state index in [0.29, 0.717) is 29.8 Å². The molecular weight excluding hydrogens is 352 g/mol. The number of fused-ring (bicyclic) bond motifs is 2. The van der Waals surface area contributed by atoms with Crippen LogP contribution in [0.25, 0.3) is 11.0 Å². The molecule has 0 saturated heterocycles. The molecule has 4 rings (SSSR count). The van der Waals surface area contributed by atoms with E-state index in [9.17, 15) is 9.90 Å². The molecule has 0 radical (unpaired) electrons. The number of ether oxygens (including phenoxy) is 1. The van der Waals surface area contributed by atoms with E-state index in [2.05, 4.69) is 33.8 Å². The summed E-state index contributed by atoms with van der Waals surface area (Å²) in [5, 5.41) is 11.3. The van der Waals surface area contributed by atoms with Crippen molar-refractivity contribution in [3.63, 3.8) is 0 Å². The summed E-state index contributed by atoms with van der Waals surface area (Å²) in [4.78, 5) is 11.5. The monoisotopic (exact) mass is 382 g/mol. The molecule has 1 fully saturated rings. The average molecular weight is 383 g/mol. The Morgan fingerprint density at radius 1 is 1.14 bits per heavy atom. The zero-order chi connectivity index (χ0) is 20.1. The number of allylic oxidation sites excluding steroid dienone is 1. The zero-order valence-electron chi connectivity index (χ0n) is 17.2. The van der Waals surface area contributed by atoms with Gasteiger partial charge in [-0.25, -0.2) is 4.79 Å². The van der Waals surface area contributed by atoms with Crippen molar-refractivity contribution in [3.05, 3.63) is 52.4 Å². The van der Waals surface area contributed by atoms with E-state index in [4.69, 9.17) is 9.15 Å². The maximum atomic E-state index is 11.5. The molecule has 0 amide bonds. The van der Waals surface area contributed by atoms with E-state index >= 15 is 0 Å². The summed E-state index contributed by atoms with van der Waals surface area (Å²) in [5.74, 6) is 1.52. The van der Waals surface area contributed by atoms with Gasteiger partial charge in [-0.15, -0.1) is 0 Å². The summed E-state index contributed by atoms with van der Waals surface area (Å²) >= 11 is 0. The molecule has 0 spiro atoms. The molecular formula is C24H30O4. The van der Waals surface area contributed by atoms with Gasteiger partial charge in [-0.2, -0.15) is 0 Å².